The first-order valence-electron chi connectivity index (χ1n) is 10.7. The average Bonchev–Trinajstić information content (AvgIpc) is 2.79. The summed E-state index contributed by atoms with van der Waals surface area (Å²) in [4.78, 5) is 14.9. The fourth-order valence-corrected chi connectivity index (χ4v) is 4.14. The number of halogens is 2. The second kappa shape index (κ2) is 9.92. The predicted octanol–water partition coefficient (Wildman–Crippen LogP) is 5.49. The van der Waals surface area contributed by atoms with E-state index in [4.69, 9.17) is 4.74 Å². The molecule has 32 heavy (non-hydrogen) atoms. The third kappa shape index (κ3) is 5.51. The molecule has 1 heterocycles. The maximum absolute atomic E-state index is 13.4. The molecule has 1 aliphatic heterocycles. The molecule has 3 aromatic carbocycles. The minimum Gasteiger partial charge on any atom is -0.497 e. The summed E-state index contributed by atoms with van der Waals surface area (Å²) in [5.74, 6) is -0.430. The second-order valence-corrected chi connectivity index (χ2v) is 8.13. The van der Waals surface area contributed by atoms with Crippen molar-refractivity contribution >= 4 is 11.6 Å². The zero-order valence-electron chi connectivity index (χ0n) is 18.0. The molecular weight excluding hydrogens is 410 g/mol. The van der Waals surface area contributed by atoms with E-state index in [-0.39, 0.29) is 11.8 Å². The third-order valence-electron chi connectivity index (χ3n) is 5.82. The van der Waals surface area contributed by atoms with Crippen LogP contribution in [0.1, 0.15) is 18.4 Å². The summed E-state index contributed by atoms with van der Waals surface area (Å²) < 4.78 is 32.1. The topological polar surface area (TPSA) is 41.6 Å². The van der Waals surface area contributed by atoms with E-state index in [1.54, 1.807) is 7.11 Å². The van der Waals surface area contributed by atoms with Crippen LogP contribution in [0.25, 0.3) is 11.1 Å². The summed E-state index contributed by atoms with van der Waals surface area (Å²) in [6.07, 6.45) is 1.42. The van der Waals surface area contributed by atoms with Crippen LogP contribution >= 0.6 is 0 Å². The van der Waals surface area contributed by atoms with Crippen molar-refractivity contribution in [3.8, 4) is 16.9 Å². The van der Waals surface area contributed by atoms with Gasteiger partial charge in [-0.2, -0.15) is 0 Å². The highest BCUT2D eigenvalue weighted by molar-refractivity contribution is 5.93. The summed E-state index contributed by atoms with van der Waals surface area (Å²) in [5.41, 5.74) is 3.38. The highest BCUT2D eigenvalue weighted by atomic mass is 19.1. The smallest absolute Gasteiger partial charge is 0.227 e. The molecule has 0 unspecified atom stereocenters. The first kappa shape index (κ1) is 22.0. The highest BCUT2D eigenvalue weighted by Crippen LogP contribution is 2.27. The van der Waals surface area contributed by atoms with E-state index in [0.717, 1.165) is 28.6 Å². The Kier molecular flexibility index (Phi) is 6.81. The van der Waals surface area contributed by atoms with Crippen molar-refractivity contribution in [1.29, 1.82) is 0 Å². The number of hydrogen-bond donors (Lipinski definition) is 1. The summed E-state index contributed by atoms with van der Waals surface area (Å²) in [5, 5.41) is 3.04. The minimum atomic E-state index is -0.564. The molecule has 0 saturated carbocycles. The number of likely N-dealkylation sites (tertiary alicyclic amines) is 1. The molecule has 0 aromatic heterocycles. The molecule has 1 amide bonds. The molecule has 1 N–H and O–H groups in total. The maximum atomic E-state index is 13.4. The van der Waals surface area contributed by atoms with Gasteiger partial charge in [-0.15, -0.1) is 0 Å². The fourth-order valence-electron chi connectivity index (χ4n) is 4.14. The number of rotatable bonds is 6. The zero-order valence-corrected chi connectivity index (χ0v) is 18.0. The zero-order chi connectivity index (χ0) is 22.5. The van der Waals surface area contributed by atoms with Crippen LogP contribution in [-0.4, -0.2) is 31.0 Å². The van der Waals surface area contributed by atoms with Gasteiger partial charge in [0.2, 0.25) is 5.91 Å². The summed E-state index contributed by atoms with van der Waals surface area (Å²) in [6, 6.07) is 19.2. The standard InChI is InChI=1S/C26H26F2N2O2/c1-32-25-7-3-5-21(15-25)20-4-2-6-24(14-20)29-26(31)19-8-10-30(11-9-19)17-18-12-22(27)16-23(28)13-18/h2-7,12-16,19H,8-11,17H2,1H3,(H,29,31). The van der Waals surface area contributed by atoms with Gasteiger partial charge in [-0.25, -0.2) is 8.78 Å². The largest absolute Gasteiger partial charge is 0.497 e. The van der Waals surface area contributed by atoms with Crippen molar-refractivity contribution in [2.45, 2.75) is 19.4 Å². The van der Waals surface area contributed by atoms with Crippen molar-refractivity contribution < 1.29 is 18.3 Å². The van der Waals surface area contributed by atoms with E-state index in [9.17, 15) is 13.6 Å². The summed E-state index contributed by atoms with van der Waals surface area (Å²) >= 11 is 0. The molecule has 0 atom stereocenters. The SMILES string of the molecule is COc1cccc(-c2cccc(NC(=O)C3CCN(Cc4cc(F)cc(F)c4)CC3)c2)c1. The van der Waals surface area contributed by atoms with Crippen molar-refractivity contribution in [2.75, 3.05) is 25.5 Å². The molecule has 166 valence electrons. The number of benzene rings is 3. The van der Waals surface area contributed by atoms with Gasteiger partial charge in [0.25, 0.3) is 0 Å². The Morgan fingerprint density at radius 3 is 2.31 bits per heavy atom. The first-order chi connectivity index (χ1) is 15.5. The fraction of sp³-hybridized carbons (Fsp3) is 0.269. The summed E-state index contributed by atoms with van der Waals surface area (Å²) in [7, 11) is 1.64. The molecule has 0 bridgehead atoms. The number of methoxy groups -OCH3 is 1. The Labute approximate surface area is 186 Å². The number of carbonyl (C=O) groups excluding carboxylic acids is 1. The van der Waals surface area contributed by atoms with Gasteiger partial charge in [-0.05, 0) is 79.0 Å². The quantitative estimate of drug-likeness (QED) is 0.556. The number of nitrogens with zero attached hydrogens (tertiary/aromatic N) is 1. The third-order valence-corrected chi connectivity index (χ3v) is 5.82. The summed E-state index contributed by atoms with van der Waals surface area (Å²) in [6.45, 7) is 1.89. The molecule has 6 heteroatoms. The van der Waals surface area contributed by atoms with E-state index < -0.39 is 11.6 Å². The van der Waals surface area contributed by atoms with Gasteiger partial charge >= 0.3 is 0 Å². The van der Waals surface area contributed by atoms with Crippen LogP contribution in [0.15, 0.2) is 66.7 Å². The normalized spacial score (nSPS) is 14.8. The lowest BCUT2D eigenvalue weighted by molar-refractivity contribution is -0.121. The Hall–Kier alpha value is -3.25. The monoisotopic (exact) mass is 436 g/mol. The molecule has 3 aromatic rings. The van der Waals surface area contributed by atoms with Gasteiger partial charge < -0.3 is 10.1 Å². The Morgan fingerprint density at radius 1 is 0.969 bits per heavy atom. The molecular formula is C26H26F2N2O2. The molecule has 0 radical (unpaired) electrons. The highest BCUT2D eigenvalue weighted by Gasteiger charge is 2.25. The number of ether oxygens (including phenoxy) is 1. The molecule has 4 nitrogen and oxygen atoms in total. The number of carbonyl (C=O) groups is 1. The Balaban J connectivity index is 1.34. The lowest BCUT2D eigenvalue weighted by atomic mass is 9.95. The molecule has 1 fully saturated rings. The van der Waals surface area contributed by atoms with Gasteiger partial charge in [0.15, 0.2) is 0 Å². The molecule has 1 saturated heterocycles. The Bertz CT molecular complexity index is 1070. The van der Waals surface area contributed by atoms with Crippen LogP contribution in [0, 0.1) is 17.6 Å². The first-order valence-corrected chi connectivity index (χ1v) is 10.7. The molecule has 0 aliphatic carbocycles. The minimum absolute atomic E-state index is 0.00393. The molecule has 1 aliphatic rings. The number of piperidine rings is 1. The number of anilines is 1. The van der Waals surface area contributed by atoms with Gasteiger partial charge in [0.1, 0.15) is 17.4 Å². The van der Waals surface area contributed by atoms with E-state index in [1.165, 1.54) is 12.1 Å². The van der Waals surface area contributed by atoms with Crippen LogP contribution in [-0.2, 0) is 11.3 Å². The van der Waals surface area contributed by atoms with Crippen LogP contribution in [0.5, 0.6) is 5.75 Å². The van der Waals surface area contributed by atoms with E-state index in [2.05, 4.69) is 10.2 Å². The second-order valence-electron chi connectivity index (χ2n) is 8.13. The Morgan fingerprint density at radius 2 is 1.62 bits per heavy atom. The van der Waals surface area contributed by atoms with Gasteiger partial charge in [0, 0.05) is 24.2 Å². The van der Waals surface area contributed by atoms with Gasteiger partial charge in [-0.3, -0.25) is 9.69 Å². The van der Waals surface area contributed by atoms with Crippen LogP contribution in [0.3, 0.4) is 0 Å². The van der Waals surface area contributed by atoms with Crippen LogP contribution in [0.4, 0.5) is 14.5 Å². The molecule has 4 rings (SSSR count). The number of nitrogens with one attached hydrogen (secondary N) is 1. The van der Waals surface area contributed by atoms with Crippen LogP contribution < -0.4 is 10.1 Å². The lowest BCUT2D eigenvalue weighted by Gasteiger charge is -2.31. The van der Waals surface area contributed by atoms with Crippen molar-refractivity contribution in [1.82, 2.24) is 4.90 Å². The lowest BCUT2D eigenvalue weighted by Crippen LogP contribution is -2.37. The van der Waals surface area contributed by atoms with Gasteiger partial charge in [-0.1, -0.05) is 24.3 Å². The molecule has 0 spiro atoms. The van der Waals surface area contributed by atoms with Crippen molar-refractivity contribution in [3.63, 3.8) is 0 Å². The van der Waals surface area contributed by atoms with Crippen LogP contribution in [0.2, 0.25) is 0 Å². The van der Waals surface area contributed by atoms with Gasteiger partial charge in [0.05, 0.1) is 7.11 Å². The number of amides is 1. The predicted molar refractivity (Wildman–Crippen MR) is 121 cm³/mol. The maximum Gasteiger partial charge on any atom is 0.227 e. The van der Waals surface area contributed by atoms with E-state index in [1.807, 2.05) is 48.5 Å². The average molecular weight is 437 g/mol. The van der Waals surface area contributed by atoms with Crippen molar-refractivity contribution in [3.05, 3.63) is 83.9 Å². The van der Waals surface area contributed by atoms with Crippen molar-refractivity contribution in [2.24, 2.45) is 5.92 Å². The number of hydrogen-bond acceptors (Lipinski definition) is 3. The van der Waals surface area contributed by atoms with E-state index in [0.29, 0.717) is 38.0 Å². The van der Waals surface area contributed by atoms with E-state index >= 15 is 0 Å².